The Morgan fingerprint density at radius 1 is 1.50 bits per heavy atom. The summed E-state index contributed by atoms with van der Waals surface area (Å²) in [4.78, 5) is 4.79. The molecule has 3 N–H and O–H groups in total. The van der Waals surface area contributed by atoms with Gasteiger partial charge in [-0.1, -0.05) is 0 Å². The Morgan fingerprint density at radius 3 is 3.00 bits per heavy atom. The van der Waals surface area contributed by atoms with Crippen LogP contribution in [0.5, 0.6) is 0 Å². The van der Waals surface area contributed by atoms with Crippen LogP contribution in [0.2, 0.25) is 0 Å². The molecule has 1 aliphatic heterocycles. The van der Waals surface area contributed by atoms with Crippen LogP contribution >= 0.6 is 0 Å². The summed E-state index contributed by atoms with van der Waals surface area (Å²) >= 11 is 0. The van der Waals surface area contributed by atoms with Crippen molar-refractivity contribution in [1.29, 1.82) is 0 Å². The lowest BCUT2D eigenvalue weighted by atomic mass is 10.0. The van der Waals surface area contributed by atoms with Crippen LogP contribution in [0.4, 0.5) is 0 Å². The minimum absolute atomic E-state index is 0.244. The van der Waals surface area contributed by atoms with Crippen LogP contribution in [-0.4, -0.2) is 55.6 Å². The Labute approximate surface area is 109 Å². The second kappa shape index (κ2) is 6.33. The van der Waals surface area contributed by atoms with Gasteiger partial charge >= 0.3 is 0 Å². The molecule has 18 heavy (non-hydrogen) atoms. The second-order valence-electron chi connectivity index (χ2n) is 5.27. The van der Waals surface area contributed by atoms with Crippen molar-refractivity contribution in [1.82, 2.24) is 15.2 Å². The average Bonchev–Trinajstić information content (AvgIpc) is 2.80. The normalized spacial score (nSPS) is 24.9. The van der Waals surface area contributed by atoms with Crippen LogP contribution in [-0.2, 0) is 6.42 Å². The van der Waals surface area contributed by atoms with Gasteiger partial charge in [-0.15, -0.1) is 0 Å². The van der Waals surface area contributed by atoms with Crippen molar-refractivity contribution in [2.45, 2.75) is 24.9 Å². The van der Waals surface area contributed by atoms with Gasteiger partial charge in [-0.25, -0.2) is 0 Å². The van der Waals surface area contributed by atoms with E-state index in [4.69, 9.17) is 10.3 Å². The summed E-state index contributed by atoms with van der Waals surface area (Å²) in [5.41, 5.74) is 4.17. The van der Waals surface area contributed by atoms with E-state index in [0.717, 1.165) is 26.1 Å². The second-order valence-corrected chi connectivity index (χ2v) is 5.27. The summed E-state index contributed by atoms with van der Waals surface area (Å²) in [7, 11) is 4.36. The van der Waals surface area contributed by atoms with Crippen LogP contribution in [0, 0.1) is 0 Å². The van der Waals surface area contributed by atoms with E-state index in [-0.39, 0.29) is 6.04 Å². The first-order chi connectivity index (χ1) is 8.70. The number of nitrogens with one attached hydrogen (secondary N) is 1. The Bertz CT molecular complexity index is 341. The Kier molecular flexibility index (Phi) is 4.77. The van der Waals surface area contributed by atoms with Crippen molar-refractivity contribution in [3.63, 3.8) is 0 Å². The molecule has 5 heteroatoms. The number of furan rings is 1. The summed E-state index contributed by atoms with van der Waals surface area (Å²) < 4.78 is 5.13. The minimum Gasteiger partial charge on any atom is -0.472 e. The molecule has 1 aromatic heterocycles. The van der Waals surface area contributed by atoms with E-state index < -0.39 is 0 Å². The lowest BCUT2D eigenvalue weighted by Crippen LogP contribution is -2.55. The standard InChI is InChI=1S/C13H24N4O/c1-16-5-3-6-17(2)13(9-16)12(15-14)8-11-4-7-18-10-11/h4,7,10,12-13,15H,3,5-6,8-9,14H2,1-2H3. The highest BCUT2D eigenvalue weighted by Crippen LogP contribution is 2.14. The number of hydrogen-bond acceptors (Lipinski definition) is 5. The molecule has 0 aliphatic carbocycles. The number of rotatable bonds is 4. The first kappa shape index (κ1) is 13.5. The fourth-order valence-electron chi connectivity index (χ4n) is 2.71. The molecule has 0 spiro atoms. The lowest BCUT2D eigenvalue weighted by Gasteiger charge is -2.34. The molecule has 1 aliphatic rings. The molecule has 0 amide bonds. The van der Waals surface area contributed by atoms with E-state index in [1.165, 1.54) is 12.0 Å². The molecule has 1 fully saturated rings. The monoisotopic (exact) mass is 252 g/mol. The third-order valence-corrected chi connectivity index (χ3v) is 3.83. The van der Waals surface area contributed by atoms with Crippen molar-refractivity contribution >= 4 is 0 Å². The fourth-order valence-corrected chi connectivity index (χ4v) is 2.71. The summed E-state index contributed by atoms with van der Waals surface area (Å²) in [6.07, 6.45) is 5.62. The van der Waals surface area contributed by atoms with Crippen LogP contribution in [0.25, 0.3) is 0 Å². The van der Waals surface area contributed by atoms with Gasteiger partial charge in [-0.3, -0.25) is 11.3 Å². The Morgan fingerprint density at radius 2 is 2.33 bits per heavy atom. The third kappa shape index (κ3) is 3.32. The molecular weight excluding hydrogens is 228 g/mol. The number of hydrogen-bond donors (Lipinski definition) is 2. The van der Waals surface area contributed by atoms with Crippen LogP contribution < -0.4 is 11.3 Å². The number of nitrogens with two attached hydrogens (primary N) is 1. The largest absolute Gasteiger partial charge is 0.472 e. The highest BCUT2D eigenvalue weighted by molar-refractivity contribution is 5.09. The topological polar surface area (TPSA) is 57.7 Å². The van der Waals surface area contributed by atoms with Crippen molar-refractivity contribution in [3.05, 3.63) is 24.2 Å². The predicted molar refractivity (Wildman–Crippen MR) is 72.1 cm³/mol. The minimum atomic E-state index is 0.244. The molecule has 0 bridgehead atoms. The van der Waals surface area contributed by atoms with E-state index in [0.29, 0.717) is 6.04 Å². The predicted octanol–water partition coefficient (Wildman–Crippen LogP) is 0.290. The molecule has 2 heterocycles. The van der Waals surface area contributed by atoms with Gasteiger partial charge in [0, 0.05) is 18.6 Å². The van der Waals surface area contributed by atoms with Gasteiger partial charge in [0.2, 0.25) is 0 Å². The van der Waals surface area contributed by atoms with E-state index in [2.05, 4.69) is 29.3 Å². The first-order valence-electron chi connectivity index (χ1n) is 6.56. The summed E-state index contributed by atoms with van der Waals surface area (Å²) in [5.74, 6) is 5.75. The number of likely N-dealkylation sites (N-methyl/N-ethyl adjacent to an activating group) is 2. The summed E-state index contributed by atoms with van der Waals surface area (Å²) in [5, 5.41) is 0. The van der Waals surface area contributed by atoms with Gasteiger partial charge in [0.25, 0.3) is 0 Å². The molecule has 2 unspecified atom stereocenters. The quantitative estimate of drug-likeness (QED) is 0.596. The van der Waals surface area contributed by atoms with Crippen molar-refractivity contribution in [2.24, 2.45) is 5.84 Å². The van der Waals surface area contributed by atoms with Crippen molar-refractivity contribution in [3.8, 4) is 0 Å². The molecule has 0 saturated carbocycles. The zero-order chi connectivity index (χ0) is 13.0. The molecular formula is C13H24N4O. The van der Waals surface area contributed by atoms with E-state index in [9.17, 15) is 0 Å². The molecule has 102 valence electrons. The van der Waals surface area contributed by atoms with Crippen LogP contribution in [0.3, 0.4) is 0 Å². The molecule has 1 saturated heterocycles. The molecule has 2 atom stereocenters. The smallest absolute Gasteiger partial charge is 0.0935 e. The number of nitrogens with zero attached hydrogens (tertiary/aromatic N) is 2. The van der Waals surface area contributed by atoms with E-state index in [1.807, 2.05) is 6.07 Å². The summed E-state index contributed by atoms with van der Waals surface area (Å²) in [6.45, 7) is 3.33. The van der Waals surface area contributed by atoms with Gasteiger partial charge in [-0.2, -0.15) is 0 Å². The van der Waals surface area contributed by atoms with Crippen molar-refractivity contribution < 1.29 is 4.42 Å². The maximum absolute atomic E-state index is 5.75. The molecule has 0 aromatic carbocycles. The van der Waals surface area contributed by atoms with Gasteiger partial charge in [0.05, 0.1) is 12.5 Å². The fraction of sp³-hybridized carbons (Fsp3) is 0.692. The highest BCUT2D eigenvalue weighted by atomic mass is 16.3. The van der Waals surface area contributed by atoms with Crippen molar-refractivity contribution in [2.75, 3.05) is 33.7 Å². The van der Waals surface area contributed by atoms with Crippen LogP contribution in [0.15, 0.2) is 23.0 Å². The SMILES string of the molecule is CN1CCCN(C)C(C(Cc2ccoc2)NN)C1. The molecule has 0 radical (unpaired) electrons. The van der Waals surface area contributed by atoms with Gasteiger partial charge < -0.3 is 14.2 Å². The maximum atomic E-state index is 5.75. The third-order valence-electron chi connectivity index (χ3n) is 3.83. The summed E-state index contributed by atoms with van der Waals surface area (Å²) in [6, 6.07) is 2.68. The zero-order valence-corrected chi connectivity index (χ0v) is 11.3. The Balaban J connectivity index is 2.04. The maximum Gasteiger partial charge on any atom is 0.0935 e. The highest BCUT2D eigenvalue weighted by Gasteiger charge is 2.28. The lowest BCUT2D eigenvalue weighted by molar-refractivity contribution is 0.177. The molecule has 1 aromatic rings. The zero-order valence-electron chi connectivity index (χ0n) is 11.3. The van der Waals surface area contributed by atoms with E-state index in [1.54, 1.807) is 12.5 Å². The van der Waals surface area contributed by atoms with Gasteiger partial charge in [0.1, 0.15) is 0 Å². The number of hydrazine groups is 1. The Hall–Kier alpha value is -0.880. The molecule has 2 rings (SSSR count). The van der Waals surface area contributed by atoms with E-state index >= 15 is 0 Å². The molecule has 5 nitrogen and oxygen atoms in total. The average molecular weight is 252 g/mol. The first-order valence-corrected chi connectivity index (χ1v) is 6.56. The van der Waals surface area contributed by atoms with Gasteiger partial charge in [0.15, 0.2) is 0 Å². The van der Waals surface area contributed by atoms with Crippen LogP contribution in [0.1, 0.15) is 12.0 Å². The van der Waals surface area contributed by atoms with Gasteiger partial charge in [-0.05, 0) is 51.7 Å².